The first kappa shape index (κ1) is 11.3. The van der Waals surface area contributed by atoms with Crippen molar-refractivity contribution in [3.8, 4) is 0 Å². The predicted molar refractivity (Wildman–Crippen MR) is 62.9 cm³/mol. The highest BCUT2D eigenvalue weighted by molar-refractivity contribution is 5.42. The first-order chi connectivity index (χ1) is 7.65. The molecule has 0 amide bonds. The number of piperidine rings is 1. The molecule has 0 spiro atoms. The summed E-state index contributed by atoms with van der Waals surface area (Å²) in [4.78, 5) is 5.90. The van der Waals surface area contributed by atoms with Gasteiger partial charge in [0.25, 0.3) is 0 Å². The van der Waals surface area contributed by atoms with Crippen molar-refractivity contribution in [3.63, 3.8) is 0 Å². The van der Waals surface area contributed by atoms with Crippen molar-refractivity contribution in [1.82, 2.24) is 9.88 Å². The Bertz CT molecular complexity index is 356. The van der Waals surface area contributed by atoms with Crippen LogP contribution in [0.15, 0.2) is 18.3 Å². The van der Waals surface area contributed by atoms with E-state index >= 15 is 0 Å². The van der Waals surface area contributed by atoms with Gasteiger partial charge in [-0.05, 0) is 32.9 Å². The molecule has 2 atom stereocenters. The van der Waals surface area contributed by atoms with Gasteiger partial charge < -0.3 is 10.2 Å². The molecule has 1 aliphatic heterocycles. The molecular formula is C12H18FN3. The van der Waals surface area contributed by atoms with E-state index in [-0.39, 0.29) is 0 Å². The number of rotatable bonds is 2. The summed E-state index contributed by atoms with van der Waals surface area (Å²) in [7, 11) is 2.15. The molecule has 0 aliphatic carbocycles. The van der Waals surface area contributed by atoms with Crippen LogP contribution in [0, 0.1) is 5.95 Å². The monoisotopic (exact) mass is 223 g/mol. The Balaban J connectivity index is 1.95. The Morgan fingerprint density at radius 3 is 3.06 bits per heavy atom. The number of nitrogens with one attached hydrogen (secondary N) is 1. The zero-order valence-electron chi connectivity index (χ0n) is 9.78. The lowest BCUT2D eigenvalue weighted by atomic mass is 9.99. The van der Waals surface area contributed by atoms with Gasteiger partial charge in [-0.1, -0.05) is 0 Å². The van der Waals surface area contributed by atoms with E-state index < -0.39 is 5.95 Å². The molecule has 1 aliphatic rings. The van der Waals surface area contributed by atoms with Gasteiger partial charge in [-0.25, -0.2) is 4.98 Å². The second-order valence-corrected chi connectivity index (χ2v) is 4.56. The second-order valence-electron chi connectivity index (χ2n) is 4.56. The van der Waals surface area contributed by atoms with E-state index in [1.54, 1.807) is 0 Å². The Morgan fingerprint density at radius 2 is 2.38 bits per heavy atom. The van der Waals surface area contributed by atoms with Crippen LogP contribution < -0.4 is 5.32 Å². The first-order valence-corrected chi connectivity index (χ1v) is 5.73. The molecule has 2 heterocycles. The number of halogens is 1. The van der Waals surface area contributed by atoms with Crippen molar-refractivity contribution in [2.45, 2.75) is 31.8 Å². The summed E-state index contributed by atoms with van der Waals surface area (Å²) in [6.07, 6.45) is 3.70. The van der Waals surface area contributed by atoms with Crippen LogP contribution >= 0.6 is 0 Å². The Labute approximate surface area is 95.7 Å². The molecule has 2 rings (SSSR count). The summed E-state index contributed by atoms with van der Waals surface area (Å²) in [5.74, 6) is -0.425. The quantitative estimate of drug-likeness (QED) is 0.778. The van der Waals surface area contributed by atoms with Gasteiger partial charge in [0.05, 0.1) is 0 Å². The maximum absolute atomic E-state index is 12.9. The lowest BCUT2D eigenvalue weighted by Crippen LogP contribution is -2.42. The van der Waals surface area contributed by atoms with Crippen LogP contribution in [0.2, 0.25) is 0 Å². The maximum atomic E-state index is 12.9. The topological polar surface area (TPSA) is 28.2 Å². The SMILES string of the molecule is CC1CC(Nc2ccnc(F)c2)CCN1C. The highest BCUT2D eigenvalue weighted by Crippen LogP contribution is 2.19. The number of aromatic nitrogens is 1. The third-order valence-corrected chi connectivity index (χ3v) is 3.31. The van der Waals surface area contributed by atoms with Gasteiger partial charge in [0, 0.05) is 36.6 Å². The van der Waals surface area contributed by atoms with Gasteiger partial charge in [-0.2, -0.15) is 4.39 Å². The highest BCUT2D eigenvalue weighted by Gasteiger charge is 2.22. The van der Waals surface area contributed by atoms with Crippen LogP contribution in [0.3, 0.4) is 0 Å². The summed E-state index contributed by atoms with van der Waals surface area (Å²) < 4.78 is 12.9. The van der Waals surface area contributed by atoms with E-state index in [0.717, 1.165) is 25.1 Å². The van der Waals surface area contributed by atoms with Crippen LogP contribution in [0.25, 0.3) is 0 Å². The lowest BCUT2D eigenvalue weighted by Gasteiger charge is -2.35. The van der Waals surface area contributed by atoms with Gasteiger partial charge in [0.2, 0.25) is 5.95 Å². The van der Waals surface area contributed by atoms with Gasteiger partial charge in [-0.15, -0.1) is 0 Å². The van der Waals surface area contributed by atoms with Crippen LogP contribution in [-0.4, -0.2) is 35.6 Å². The molecule has 1 fully saturated rings. The van der Waals surface area contributed by atoms with Crippen molar-refractivity contribution in [2.24, 2.45) is 0 Å². The van der Waals surface area contributed by atoms with E-state index in [4.69, 9.17) is 0 Å². The molecule has 4 heteroatoms. The number of likely N-dealkylation sites (tertiary alicyclic amines) is 1. The third-order valence-electron chi connectivity index (χ3n) is 3.31. The summed E-state index contributed by atoms with van der Waals surface area (Å²) in [6.45, 7) is 3.31. The Kier molecular flexibility index (Phi) is 3.39. The van der Waals surface area contributed by atoms with E-state index in [2.05, 4.69) is 29.2 Å². The summed E-state index contributed by atoms with van der Waals surface area (Å²) >= 11 is 0. The smallest absolute Gasteiger partial charge is 0.214 e. The lowest BCUT2D eigenvalue weighted by molar-refractivity contribution is 0.190. The van der Waals surface area contributed by atoms with Crippen molar-refractivity contribution in [3.05, 3.63) is 24.3 Å². The number of pyridine rings is 1. The standard InChI is InChI=1S/C12H18FN3/c1-9-7-11(4-6-16(9)2)15-10-3-5-14-12(13)8-10/h3,5,8-9,11H,4,6-7H2,1-2H3,(H,14,15). The van der Waals surface area contributed by atoms with Crippen molar-refractivity contribution >= 4 is 5.69 Å². The number of hydrogen-bond donors (Lipinski definition) is 1. The Hall–Kier alpha value is -1.16. The van der Waals surface area contributed by atoms with Crippen molar-refractivity contribution in [2.75, 3.05) is 18.9 Å². The molecule has 1 N–H and O–H groups in total. The molecule has 88 valence electrons. The average Bonchev–Trinajstić information content (AvgIpc) is 2.24. The van der Waals surface area contributed by atoms with Crippen LogP contribution in [0.1, 0.15) is 19.8 Å². The molecule has 16 heavy (non-hydrogen) atoms. The normalized spacial score (nSPS) is 26.7. The molecule has 0 aromatic carbocycles. The van der Waals surface area contributed by atoms with Gasteiger partial charge in [0.15, 0.2) is 0 Å². The van der Waals surface area contributed by atoms with Crippen LogP contribution in [-0.2, 0) is 0 Å². The minimum Gasteiger partial charge on any atom is -0.382 e. The second kappa shape index (κ2) is 4.78. The number of nitrogens with zero attached hydrogens (tertiary/aromatic N) is 2. The minimum absolute atomic E-state index is 0.425. The molecule has 3 nitrogen and oxygen atoms in total. The number of anilines is 1. The van der Waals surface area contributed by atoms with E-state index in [9.17, 15) is 4.39 Å². The van der Waals surface area contributed by atoms with Crippen molar-refractivity contribution < 1.29 is 4.39 Å². The molecule has 0 saturated carbocycles. The number of hydrogen-bond acceptors (Lipinski definition) is 3. The molecule has 2 unspecified atom stereocenters. The van der Waals surface area contributed by atoms with Crippen LogP contribution in [0.4, 0.5) is 10.1 Å². The fourth-order valence-electron chi connectivity index (χ4n) is 2.15. The predicted octanol–water partition coefficient (Wildman–Crippen LogP) is 2.12. The zero-order valence-corrected chi connectivity index (χ0v) is 9.78. The van der Waals surface area contributed by atoms with Gasteiger partial charge >= 0.3 is 0 Å². The highest BCUT2D eigenvalue weighted by atomic mass is 19.1. The fourth-order valence-corrected chi connectivity index (χ4v) is 2.15. The first-order valence-electron chi connectivity index (χ1n) is 5.73. The molecule has 0 bridgehead atoms. The minimum atomic E-state index is -0.425. The zero-order chi connectivity index (χ0) is 11.5. The average molecular weight is 223 g/mol. The summed E-state index contributed by atoms with van der Waals surface area (Å²) in [6, 6.07) is 4.28. The molecular weight excluding hydrogens is 205 g/mol. The molecule has 1 saturated heterocycles. The summed E-state index contributed by atoms with van der Waals surface area (Å²) in [5, 5.41) is 3.37. The summed E-state index contributed by atoms with van der Waals surface area (Å²) in [5.41, 5.74) is 0.828. The molecule has 0 radical (unpaired) electrons. The van der Waals surface area contributed by atoms with Crippen LogP contribution in [0.5, 0.6) is 0 Å². The van der Waals surface area contributed by atoms with E-state index in [1.165, 1.54) is 12.3 Å². The fraction of sp³-hybridized carbons (Fsp3) is 0.583. The maximum Gasteiger partial charge on any atom is 0.214 e. The molecule has 1 aromatic heterocycles. The Morgan fingerprint density at radius 1 is 1.56 bits per heavy atom. The third kappa shape index (κ3) is 2.70. The van der Waals surface area contributed by atoms with Crippen molar-refractivity contribution in [1.29, 1.82) is 0 Å². The van der Waals surface area contributed by atoms with E-state index in [0.29, 0.717) is 12.1 Å². The van der Waals surface area contributed by atoms with Gasteiger partial charge in [-0.3, -0.25) is 0 Å². The van der Waals surface area contributed by atoms with E-state index in [1.807, 2.05) is 6.07 Å². The van der Waals surface area contributed by atoms with Gasteiger partial charge in [0.1, 0.15) is 0 Å². The molecule has 1 aromatic rings. The largest absolute Gasteiger partial charge is 0.382 e.